The normalized spacial score (nSPS) is 17.6. The minimum Gasteiger partial charge on any atom is -0.489 e. The highest BCUT2D eigenvalue weighted by Gasteiger charge is 2.19. The van der Waals surface area contributed by atoms with Crippen molar-refractivity contribution >= 4 is 11.7 Å². The standard InChI is InChI=1S/C12H15NO4/c1-2-16-12(15)8-3-4-10-11(5-8)17-7-9(6-14)13-10/h3-5,9,13-14H,2,6-7H2,1H3. The Labute approximate surface area is 99.3 Å². The molecule has 0 spiro atoms. The molecule has 0 fully saturated rings. The quantitative estimate of drug-likeness (QED) is 0.768. The summed E-state index contributed by atoms with van der Waals surface area (Å²) in [6.07, 6.45) is 0. The molecule has 0 aliphatic carbocycles. The van der Waals surface area contributed by atoms with Crippen LogP contribution in [0.2, 0.25) is 0 Å². The molecule has 0 radical (unpaired) electrons. The molecule has 92 valence electrons. The second kappa shape index (κ2) is 5.05. The Bertz CT molecular complexity index is 419. The van der Waals surface area contributed by atoms with E-state index in [1.165, 1.54) is 0 Å². The molecule has 1 aromatic carbocycles. The number of anilines is 1. The van der Waals surface area contributed by atoms with Crippen LogP contribution in [0.4, 0.5) is 5.69 Å². The molecule has 2 rings (SSSR count). The van der Waals surface area contributed by atoms with Gasteiger partial charge in [-0.3, -0.25) is 0 Å². The van der Waals surface area contributed by atoms with Crippen LogP contribution in [0.15, 0.2) is 18.2 Å². The van der Waals surface area contributed by atoms with Crippen LogP contribution in [0.5, 0.6) is 5.75 Å². The van der Waals surface area contributed by atoms with E-state index in [1.807, 2.05) is 0 Å². The van der Waals surface area contributed by atoms with Crippen molar-refractivity contribution in [1.82, 2.24) is 0 Å². The number of aliphatic hydroxyl groups is 1. The summed E-state index contributed by atoms with van der Waals surface area (Å²) in [4.78, 5) is 11.5. The second-order valence-corrected chi connectivity index (χ2v) is 3.77. The van der Waals surface area contributed by atoms with Gasteiger partial charge in [-0.15, -0.1) is 0 Å². The molecule has 0 amide bonds. The summed E-state index contributed by atoms with van der Waals surface area (Å²) in [5, 5.41) is 12.1. The van der Waals surface area contributed by atoms with Crippen molar-refractivity contribution in [2.45, 2.75) is 13.0 Å². The average Bonchev–Trinajstić information content (AvgIpc) is 2.37. The Balaban J connectivity index is 2.18. The van der Waals surface area contributed by atoms with Gasteiger partial charge in [0.15, 0.2) is 0 Å². The monoisotopic (exact) mass is 237 g/mol. The fourth-order valence-corrected chi connectivity index (χ4v) is 1.65. The summed E-state index contributed by atoms with van der Waals surface area (Å²) in [6, 6.07) is 4.97. The van der Waals surface area contributed by atoms with Gasteiger partial charge in [0.25, 0.3) is 0 Å². The molecule has 1 heterocycles. The Morgan fingerprint density at radius 2 is 2.47 bits per heavy atom. The maximum absolute atomic E-state index is 11.5. The third-order valence-corrected chi connectivity index (χ3v) is 2.51. The van der Waals surface area contributed by atoms with Crippen molar-refractivity contribution in [3.63, 3.8) is 0 Å². The summed E-state index contributed by atoms with van der Waals surface area (Å²) in [6.45, 7) is 2.51. The number of benzene rings is 1. The predicted molar refractivity (Wildman–Crippen MR) is 62.4 cm³/mol. The van der Waals surface area contributed by atoms with E-state index in [0.29, 0.717) is 24.5 Å². The molecule has 5 heteroatoms. The van der Waals surface area contributed by atoms with E-state index in [1.54, 1.807) is 25.1 Å². The van der Waals surface area contributed by atoms with E-state index in [2.05, 4.69) is 5.32 Å². The highest BCUT2D eigenvalue weighted by molar-refractivity contribution is 5.90. The molecule has 0 saturated heterocycles. The summed E-state index contributed by atoms with van der Waals surface area (Å²) in [7, 11) is 0. The van der Waals surface area contributed by atoms with Crippen LogP contribution in [0, 0.1) is 0 Å². The third-order valence-electron chi connectivity index (χ3n) is 2.51. The molecular weight excluding hydrogens is 222 g/mol. The van der Waals surface area contributed by atoms with E-state index in [9.17, 15) is 4.79 Å². The van der Waals surface area contributed by atoms with E-state index in [-0.39, 0.29) is 18.6 Å². The Kier molecular flexibility index (Phi) is 3.49. The van der Waals surface area contributed by atoms with Crippen LogP contribution in [-0.4, -0.2) is 36.9 Å². The maximum atomic E-state index is 11.5. The first kappa shape index (κ1) is 11.7. The Morgan fingerprint density at radius 1 is 1.65 bits per heavy atom. The number of esters is 1. The molecule has 1 aromatic rings. The van der Waals surface area contributed by atoms with E-state index in [0.717, 1.165) is 5.69 Å². The van der Waals surface area contributed by atoms with Crippen molar-refractivity contribution in [2.24, 2.45) is 0 Å². The van der Waals surface area contributed by atoms with Crippen LogP contribution < -0.4 is 10.1 Å². The fraction of sp³-hybridized carbons (Fsp3) is 0.417. The molecule has 0 aromatic heterocycles. The number of rotatable bonds is 3. The second-order valence-electron chi connectivity index (χ2n) is 3.77. The number of aliphatic hydroxyl groups excluding tert-OH is 1. The Hall–Kier alpha value is -1.75. The lowest BCUT2D eigenvalue weighted by molar-refractivity contribution is 0.0525. The zero-order valence-electron chi connectivity index (χ0n) is 9.60. The van der Waals surface area contributed by atoms with Gasteiger partial charge < -0.3 is 19.9 Å². The maximum Gasteiger partial charge on any atom is 0.338 e. The van der Waals surface area contributed by atoms with Crippen molar-refractivity contribution < 1.29 is 19.4 Å². The summed E-state index contributed by atoms with van der Waals surface area (Å²) in [5.74, 6) is 0.253. The van der Waals surface area contributed by atoms with Gasteiger partial charge in [0.05, 0.1) is 30.5 Å². The van der Waals surface area contributed by atoms with Crippen molar-refractivity contribution in [1.29, 1.82) is 0 Å². The number of fused-ring (bicyclic) bond motifs is 1. The predicted octanol–water partition coefficient (Wildman–Crippen LogP) is 1.03. The largest absolute Gasteiger partial charge is 0.489 e. The molecule has 1 aliphatic heterocycles. The van der Waals surface area contributed by atoms with Crippen LogP contribution in [0.25, 0.3) is 0 Å². The van der Waals surface area contributed by atoms with Crippen molar-refractivity contribution in [3.05, 3.63) is 23.8 Å². The van der Waals surface area contributed by atoms with Crippen molar-refractivity contribution in [2.75, 3.05) is 25.1 Å². The van der Waals surface area contributed by atoms with Gasteiger partial charge in [-0.05, 0) is 25.1 Å². The smallest absolute Gasteiger partial charge is 0.338 e. The van der Waals surface area contributed by atoms with Gasteiger partial charge in [-0.1, -0.05) is 0 Å². The minimum absolute atomic E-state index is 0.0130. The number of nitrogens with one attached hydrogen (secondary N) is 1. The zero-order valence-corrected chi connectivity index (χ0v) is 9.60. The third kappa shape index (κ3) is 2.50. The number of hydrogen-bond donors (Lipinski definition) is 2. The molecule has 1 unspecified atom stereocenters. The van der Waals surface area contributed by atoms with Gasteiger partial charge in [0.2, 0.25) is 0 Å². The topological polar surface area (TPSA) is 67.8 Å². The van der Waals surface area contributed by atoms with Crippen LogP contribution in [0.1, 0.15) is 17.3 Å². The lowest BCUT2D eigenvalue weighted by Gasteiger charge is -2.26. The molecule has 2 N–H and O–H groups in total. The van der Waals surface area contributed by atoms with E-state index < -0.39 is 0 Å². The Morgan fingerprint density at radius 3 is 3.18 bits per heavy atom. The average molecular weight is 237 g/mol. The molecular formula is C12H15NO4. The molecule has 0 bridgehead atoms. The van der Waals surface area contributed by atoms with Gasteiger partial charge in [-0.25, -0.2) is 4.79 Å². The SMILES string of the molecule is CCOC(=O)c1ccc2c(c1)OCC(CO)N2. The molecule has 0 saturated carbocycles. The first-order valence-electron chi connectivity index (χ1n) is 5.56. The van der Waals surface area contributed by atoms with Crippen LogP contribution >= 0.6 is 0 Å². The molecule has 1 aliphatic rings. The van der Waals surface area contributed by atoms with Gasteiger partial charge in [0, 0.05) is 0 Å². The molecule has 1 atom stereocenters. The lowest BCUT2D eigenvalue weighted by atomic mass is 10.1. The summed E-state index contributed by atoms with van der Waals surface area (Å²) < 4.78 is 10.4. The minimum atomic E-state index is -0.358. The van der Waals surface area contributed by atoms with Crippen molar-refractivity contribution in [3.8, 4) is 5.75 Å². The van der Waals surface area contributed by atoms with Crippen LogP contribution in [-0.2, 0) is 4.74 Å². The first-order chi connectivity index (χ1) is 8.24. The number of carbonyl (C=O) groups is 1. The summed E-state index contributed by atoms with van der Waals surface area (Å²) >= 11 is 0. The van der Waals surface area contributed by atoms with E-state index >= 15 is 0 Å². The van der Waals surface area contributed by atoms with E-state index in [4.69, 9.17) is 14.6 Å². The fourth-order valence-electron chi connectivity index (χ4n) is 1.65. The number of carbonyl (C=O) groups excluding carboxylic acids is 1. The number of hydrogen-bond acceptors (Lipinski definition) is 5. The highest BCUT2D eigenvalue weighted by atomic mass is 16.5. The van der Waals surface area contributed by atoms with Gasteiger partial charge in [0.1, 0.15) is 12.4 Å². The highest BCUT2D eigenvalue weighted by Crippen LogP contribution is 2.30. The number of ether oxygens (including phenoxy) is 2. The summed E-state index contributed by atoms with van der Waals surface area (Å²) in [5.41, 5.74) is 1.25. The van der Waals surface area contributed by atoms with Crippen LogP contribution in [0.3, 0.4) is 0 Å². The molecule has 17 heavy (non-hydrogen) atoms. The lowest BCUT2D eigenvalue weighted by Crippen LogP contribution is -2.34. The first-order valence-corrected chi connectivity index (χ1v) is 5.56. The van der Waals surface area contributed by atoms with Gasteiger partial charge >= 0.3 is 5.97 Å². The van der Waals surface area contributed by atoms with Gasteiger partial charge in [-0.2, -0.15) is 0 Å². The zero-order chi connectivity index (χ0) is 12.3. The molecule has 5 nitrogen and oxygen atoms in total.